The van der Waals surface area contributed by atoms with E-state index in [2.05, 4.69) is 9.97 Å². The molecule has 2 heterocycles. The normalized spacial score (nSPS) is 25.9. The molecular formula is C20H21F5N2O5S. The molecule has 1 fully saturated rings. The molecule has 1 saturated heterocycles. The van der Waals surface area contributed by atoms with Gasteiger partial charge in [-0.3, -0.25) is 4.79 Å². The number of benzene rings is 1. The van der Waals surface area contributed by atoms with Crippen molar-refractivity contribution >= 4 is 9.84 Å². The topological polar surface area (TPSA) is 98.4 Å². The Labute approximate surface area is 185 Å². The van der Waals surface area contributed by atoms with E-state index in [1.807, 2.05) is 0 Å². The number of alkyl halides is 3. The summed E-state index contributed by atoms with van der Waals surface area (Å²) in [5, 5.41) is 0. The van der Waals surface area contributed by atoms with E-state index in [4.69, 9.17) is 9.47 Å². The number of halogens is 5. The van der Waals surface area contributed by atoms with Crippen molar-refractivity contribution < 1.29 is 39.8 Å². The Morgan fingerprint density at radius 1 is 1.24 bits per heavy atom. The lowest BCUT2D eigenvalue weighted by atomic mass is 9.77. The van der Waals surface area contributed by atoms with E-state index in [1.165, 1.54) is 13.8 Å². The molecule has 0 radical (unpaired) electrons. The fraction of sp³-hybridized carbons (Fsp3) is 0.500. The maximum Gasteiger partial charge on any atom is 0.417 e. The van der Waals surface area contributed by atoms with Crippen molar-refractivity contribution in [2.75, 3.05) is 13.4 Å². The monoisotopic (exact) mass is 496 g/mol. The van der Waals surface area contributed by atoms with E-state index in [0.717, 1.165) is 32.4 Å². The van der Waals surface area contributed by atoms with E-state index >= 15 is 0 Å². The number of nitrogens with one attached hydrogen (secondary N) is 1. The number of H-pyrrole nitrogens is 1. The van der Waals surface area contributed by atoms with Crippen molar-refractivity contribution in [3.05, 3.63) is 51.2 Å². The zero-order chi connectivity index (χ0) is 25.1. The summed E-state index contributed by atoms with van der Waals surface area (Å²) >= 11 is 0. The summed E-state index contributed by atoms with van der Waals surface area (Å²) in [6.45, 7) is 3.23. The second-order valence-electron chi connectivity index (χ2n) is 8.08. The minimum atomic E-state index is -4.88. The molecule has 1 aliphatic heterocycles. The first-order valence-electron chi connectivity index (χ1n) is 9.61. The highest BCUT2D eigenvalue weighted by atomic mass is 32.2. The van der Waals surface area contributed by atoms with Gasteiger partial charge in [-0.15, -0.1) is 0 Å². The van der Waals surface area contributed by atoms with Crippen LogP contribution in [0.3, 0.4) is 0 Å². The van der Waals surface area contributed by atoms with Crippen LogP contribution in [0.4, 0.5) is 22.0 Å². The van der Waals surface area contributed by atoms with Gasteiger partial charge in [0.05, 0.1) is 12.8 Å². The summed E-state index contributed by atoms with van der Waals surface area (Å²) in [6.07, 6.45) is -5.69. The van der Waals surface area contributed by atoms with Gasteiger partial charge in [0.15, 0.2) is 31.9 Å². The average Bonchev–Trinajstić information content (AvgIpc) is 2.94. The van der Waals surface area contributed by atoms with Gasteiger partial charge < -0.3 is 14.5 Å². The fourth-order valence-electron chi connectivity index (χ4n) is 4.22. The lowest BCUT2D eigenvalue weighted by Gasteiger charge is -2.32. The Hall–Kier alpha value is -2.54. The first kappa shape index (κ1) is 25.1. The van der Waals surface area contributed by atoms with Crippen LogP contribution in [0.15, 0.2) is 21.8 Å². The Morgan fingerprint density at radius 3 is 2.33 bits per heavy atom. The number of sulfone groups is 1. The number of nitrogens with zero attached hydrogens (tertiary/aromatic N) is 1. The van der Waals surface area contributed by atoms with E-state index in [9.17, 15) is 35.2 Å². The molecule has 0 saturated carbocycles. The highest BCUT2D eigenvalue weighted by molar-refractivity contribution is 7.90. The van der Waals surface area contributed by atoms with Gasteiger partial charge in [0.2, 0.25) is 5.82 Å². The largest absolute Gasteiger partial charge is 0.493 e. The maximum atomic E-state index is 14.4. The Morgan fingerprint density at radius 2 is 1.85 bits per heavy atom. The van der Waals surface area contributed by atoms with Gasteiger partial charge in [0, 0.05) is 23.7 Å². The fourth-order valence-corrected chi connectivity index (χ4v) is 5.19. The molecule has 1 aliphatic rings. The standard InChI is InChI=1S/C20H21F5N2O5S/c1-8-12(10-6-7-11(21)13(22)14(10)31-4)15(32-19(8,3)20(23,24)25)17-26-9(2)16(18(28)27-17)33(5,29)30/h6-8,12,15H,1-5H3,(H,26,27,28)/t8-,12-,15+,19+/m0/s1. The predicted molar refractivity (Wildman–Crippen MR) is 106 cm³/mol. The van der Waals surface area contributed by atoms with Crippen molar-refractivity contribution in [1.29, 1.82) is 0 Å². The van der Waals surface area contributed by atoms with Crippen LogP contribution in [0.1, 0.15) is 43.0 Å². The Balaban J connectivity index is 2.30. The lowest BCUT2D eigenvalue weighted by molar-refractivity contribution is -0.275. The molecular weight excluding hydrogens is 475 g/mol. The van der Waals surface area contributed by atoms with E-state index in [-0.39, 0.29) is 17.1 Å². The molecule has 0 unspecified atom stereocenters. The van der Waals surface area contributed by atoms with E-state index < -0.39 is 67.4 Å². The molecule has 0 amide bonds. The SMILES string of the molecule is COc1c([C@H]2[C@H](c3nc(C)c(S(C)(=O)=O)c(=O)[nH]3)O[C@@](C)(C(F)(F)F)[C@H]2C)ccc(F)c1F. The van der Waals surface area contributed by atoms with Crippen LogP contribution in [0.5, 0.6) is 5.75 Å². The van der Waals surface area contributed by atoms with Gasteiger partial charge >= 0.3 is 6.18 Å². The molecule has 1 aromatic carbocycles. The van der Waals surface area contributed by atoms with Crippen LogP contribution in [-0.4, -0.2) is 43.5 Å². The Bertz CT molecular complexity index is 1260. The highest BCUT2D eigenvalue weighted by Gasteiger charge is 2.65. The summed E-state index contributed by atoms with van der Waals surface area (Å²) in [4.78, 5) is 18.0. The van der Waals surface area contributed by atoms with Crippen LogP contribution in [0, 0.1) is 24.5 Å². The van der Waals surface area contributed by atoms with Gasteiger partial charge in [-0.25, -0.2) is 17.8 Å². The number of aromatic nitrogens is 2. The van der Waals surface area contributed by atoms with Crippen molar-refractivity contribution in [1.82, 2.24) is 9.97 Å². The first-order valence-corrected chi connectivity index (χ1v) is 11.5. The first-order chi connectivity index (χ1) is 15.0. The minimum absolute atomic E-state index is 0.130. The van der Waals surface area contributed by atoms with Crippen LogP contribution in [-0.2, 0) is 14.6 Å². The van der Waals surface area contributed by atoms with Gasteiger partial charge in [0.25, 0.3) is 5.56 Å². The zero-order valence-corrected chi connectivity index (χ0v) is 19.0. The number of ether oxygens (including phenoxy) is 2. The molecule has 2 aromatic rings. The van der Waals surface area contributed by atoms with E-state index in [1.54, 1.807) is 0 Å². The maximum absolute atomic E-state index is 14.4. The lowest BCUT2D eigenvalue weighted by Crippen LogP contribution is -2.46. The van der Waals surface area contributed by atoms with Crippen LogP contribution in [0.25, 0.3) is 0 Å². The molecule has 1 N–H and O–H groups in total. The number of methoxy groups -OCH3 is 1. The smallest absolute Gasteiger partial charge is 0.417 e. The quantitative estimate of drug-likeness (QED) is 0.650. The molecule has 0 spiro atoms. The van der Waals surface area contributed by atoms with Crippen molar-refractivity contribution in [3.63, 3.8) is 0 Å². The molecule has 3 rings (SSSR count). The third-order valence-corrected chi connectivity index (χ3v) is 7.24. The number of hydrogen-bond acceptors (Lipinski definition) is 6. The summed E-state index contributed by atoms with van der Waals surface area (Å²) in [5.74, 6) is -6.33. The third-order valence-electron chi connectivity index (χ3n) is 6.02. The van der Waals surface area contributed by atoms with Crippen LogP contribution >= 0.6 is 0 Å². The zero-order valence-electron chi connectivity index (χ0n) is 18.2. The van der Waals surface area contributed by atoms with Crippen molar-refractivity contribution in [3.8, 4) is 5.75 Å². The second-order valence-corrected chi connectivity index (χ2v) is 10.0. The summed E-state index contributed by atoms with van der Waals surface area (Å²) < 4.78 is 104. The third kappa shape index (κ3) is 4.01. The van der Waals surface area contributed by atoms with Gasteiger partial charge in [0.1, 0.15) is 11.9 Å². The number of rotatable bonds is 4. The van der Waals surface area contributed by atoms with Gasteiger partial charge in [-0.2, -0.15) is 17.6 Å². The molecule has 7 nitrogen and oxygen atoms in total. The Kier molecular flexibility index (Phi) is 6.12. The van der Waals surface area contributed by atoms with Crippen molar-refractivity contribution in [2.45, 2.75) is 49.5 Å². The van der Waals surface area contributed by atoms with Crippen LogP contribution in [0.2, 0.25) is 0 Å². The predicted octanol–water partition coefficient (Wildman–Crippen LogP) is 3.58. The average molecular weight is 496 g/mol. The van der Waals surface area contributed by atoms with Crippen molar-refractivity contribution in [2.24, 2.45) is 5.92 Å². The number of hydrogen-bond donors (Lipinski definition) is 1. The number of aromatic amines is 1. The molecule has 182 valence electrons. The summed E-state index contributed by atoms with van der Waals surface area (Å²) in [7, 11) is -2.95. The van der Waals surface area contributed by atoms with Gasteiger partial charge in [-0.1, -0.05) is 13.0 Å². The van der Waals surface area contributed by atoms with E-state index in [0.29, 0.717) is 0 Å². The summed E-state index contributed by atoms with van der Waals surface area (Å²) in [5.41, 5.74) is -4.23. The molecule has 13 heteroatoms. The molecule has 1 aromatic heterocycles. The molecule has 0 aliphatic carbocycles. The highest BCUT2D eigenvalue weighted by Crippen LogP contribution is 2.59. The molecule has 4 atom stereocenters. The summed E-state index contributed by atoms with van der Waals surface area (Å²) in [6, 6.07) is 1.82. The molecule has 0 bridgehead atoms. The van der Waals surface area contributed by atoms with Gasteiger partial charge in [-0.05, 0) is 19.9 Å². The molecule has 33 heavy (non-hydrogen) atoms. The number of aryl methyl sites for hydroxylation is 1. The van der Waals surface area contributed by atoms with Crippen LogP contribution < -0.4 is 10.3 Å². The minimum Gasteiger partial charge on any atom is -0.493 e. The second kappa shape index (κ2) is 8.05.